The molecule has 41 heavy (non-hydrogen) atoms. The zero-order chi connectivity index (χ0) is 29.4. The number of para-hydroxylation sites is 1. The van der Waals surface area contributed by atoms with Crippen molar-refractivity contribution in [3.8, 4) is 11.3 Å². The molecule has 0 bridgehead atoms. The van der Waals surface area contributed by atoms with Gasteiger partial charge in [0.05, 0.1) is 22.2 Å². The van der Waals surface area contributed by atoms with Crippen molar-refractivity contribution in [3.05, 3.63) is 72.6 Å². The van der Waals surface area contributed by atoms with Crippen molar-refractivity contribution >= 4 is 33.0 Å². The van der Waals surface area contributed by atoms with Crippen LogP contribution in [-0.4, -0.2) is 63.2 Å². The first-order valence-corrected chi connectivity index (χ1v) is 15.1. The minimum absolute atomic E-state index is 0.110. The van der Waals surface area contributed by atoms with E-state index in [9.17, 15) is 18.3 Å². The fourth-order valence-electron chi connectivity index (χ4n) is 5.00. The number of aliphatic hydroxyl groups is 1. The third-order valence-electron chi connectivity index (χ3n) is 6.91. The molecule has 1 aliphatic heterocycles. The monoisotopic (exact) mass is 577 g/mol. The molecule has 2 aromatic carbocycles. The number of hydrogen-bond acceptors (Lipinski definition) is 8. The van der Waals surface area contributed by atoms with Crippen LogP contribution in [0.5, 0.6) is 0 Å². The Kier molecular flexibility index (Phi) is 7.76. The van der Waals surface area contributed by atoms with E-state index in [0.717, 1.165) is 12.8 Å². The van der Waals surface area contributed by atoms with Gasteiger partial charge in [-0.05, 0) is 58.7 Å². The fraction of sp³-hybridized carbons (Fsp3) is 0.367. The first-order chi connectivity index (χ1) is 19.4. The van der Waals surface area contributed by atoms with E-state index >= 15 is 0 Å². The summed E-state index contributed by atoms with van der Waals surface area (Å²) in [7, 11) is -3.90. The fourth-order valence-corrected chi connectivity index (χ4v) is 6.39. The van der Waals surface area contributed by atoms with E-state index in [0.29, 0.717) is 46.8 Å². The van der Waals surface area contributed by atoms with Gasteiger partial charge in [0.2, 0.25) is 5.95 Å². The average molecular weight is 578 g/mol. The molecule has 2 atom stereocenters. The topological polar surface area (TPSA) is 127 Å². The van der Waals surface area contributed by atoms with Gasteiger partial charge in [-0.25, -0.2) is 27.2 Å². The molecule has 1 saturated heterocycles. The van der Waals surface area contributed by atoms with Gasteiger partial charge < -0.3 is 20.1 Å². The lowest BCUT2D eigenvalue weighted by atomic mass is 10.0. The Hall–Kier alpha value is -3.96. The van der Waals surface area contributed by atoms with Crippen molar-refractivity contribution in [1.29, 1.82) is 0 Å². The summed E-state index contributed by atoms with van der Waals surface area (Å²) in [6.45, 7) is 8.17. The van der Waals surface area contributed by atoms with Gasteiger partial charge in [-0.15, -0.1) is 0 Å². The van der Waals surface area contributed by atoms with Gasteiger partial charge in [0.15, 0.2) is 0 Å². The maximum Gasteiger partial charge on any atom is 0.410 e. The van der Waals surface area contributed by atoms with Crippen molar-refractivity contribution in [3.63, 3.8) is 0 Å². The molecular weight excluding hydrogens is 542 g/mol. The van der Waals surface area contributed by atoms with Crippen molar-refractivity contribution in [2.45, 2.75) is 63.2 Å². The van der Waals surface area contributed by atoms with Crippen LogP contribution >= 0.6 is 0 Å². The molecule has 2 aromatic heterocycles. The molecule has 10 nitrogen and oxygen atoms in total. The summed E-state index contributed by atoms with van der Waals surface area (Å²) < 4.78 is 34.1. The van der Waals surface area contributed by atoms with Crippen LogP contribution in [0.1, 0.15) is 52.2 Å². The summed E-state index contributed by atoms with van der Waals surface area (Å²) in [4.78, 5) is 23.7. The Morgan fingerprint density at radius 3 is 2.54 bits per heavy atom. The highest BCUT2D eigenvalue weighted by molar-refractivity contribution is 7.90. The number of aromatic nitrogens is 3. The molecule has 1 amide bonds. The number of amides is 1. The second-order valence-electron chi connectivity index (χ2n) is 11.3. The molecule has 4 aromatic rings. The van der Waals surface area contributed by atoms with Crippen molar-refractivity contribution in [1.82, 2.24) is 18.8 Å². The van der Waals surface area contributed by atoms with Crippen molar-refractivity contribution in [2.75, 3.05) is 18.4 Å². The Morgan fingerprint density at radius 1 is 1.12 bits per heavy atom. The molecule has 0 saturated carbocycles. The predicted molar refractivity (Wildman–Crippen MR) is 157 cm³/mol. The molecule has 1 fully saturated rings. The summed E-state index contributed by atoms with van der Waals surface area (Å²) in [6.07, 6.45) is 3.45. The van der Waals surface area contributed by atoms with Crippen LogP contribution in [0.3, 0.4) is 0 Å². The van der Waals surface area contributed by atoms with E-state index in [1.165, 1.54) is 3.97 Å². The van der Waals surface area contributed by atoms with E-state index in [4.69, 9.17) is 9.72 Å². The van der Waals surface area contributed by atoms with Gasteiger partial charge in [0.25, 0.3) is 10.0 Å². The smallest absolute Gasteiger partial charge is 0.410 e. The number of carbonyl (C=O) groups excluding carboxylic acids is 1. The first-order valence-electron chi connectivity index (χ1n) is 13.6. The van der Waals surface area contributed by atoms with Crippen LogP contribution in [0.15, 0.2) is 71.9 Å². The minimum Gasteiger partial charge on any atom is -0.444 e. The first kappa shape index (κ1) is 28.6. The van der Waals surface area contributed by atoms with Crippen LogP contribution in [0, 0.1) is 0 Å². The number of piperidine rings is 1. The largest absolute Gasteiger partial charge is 0.444 e. The number of ether oxygens (including phenoxy) is 1. The molecular formula is C30H35N5O5S. The number of carbonyl (C=O) groups is 1. The number of aliphatic hydroxyl groups excluding tert-OH is 1. The second-order valence-corrected chi connectivity index (χ2v) is 13.1. The quantitative estimate of drug-likeness (QED) is 0.320. The maximum absolute atomic E-state index is 13.6. The van der Waals surface area contributed by atoms with Crippen LogP contribution in [0.4, 0.5) is 10.7 Å². The average Bonchev–Trinajstić information content (AvgIpc) is 3.33. The van der Waals surface area contributed by atoms with Gasteiger partial charge in [0, 0.05) is 48.0 Å². The zero-order valence-electron chi connectivity index (χ0n) is 23.6. The number of benzene rings is 2. The summed E-state index contributed by atoms with van der Waals surface area (Å²) in [6, 6.07) is 15.3. The third-order valence-corrected chi connectivity index (χ3v) is 8.59. The molecule has 3 heterocycles. The summed E-state index contributed by atoms with van der Waals surface area (Å²) in [5.41, 5.74) is 1.36. The molecule has 1 aliphatic rings. The highest BCUT2D eigenvalue weighted by Crippen LogP contribution is 2.36. The van der Waals surface area contributed by atoms with Gasteiger partial charge in [-0.1, -0.05) is 36.4 Å². The minimum atomic E-state index is -3.90. The van der Waals surface area contributed by atoms with Gasteiger partial charge >= 0.3 is 6.09 Å². The molecule has 1 unspecified atom stereocenters. The van der Waals surface area contributed by atoms with Gasteiger partial charge in [-0.3, -0.25) is 0 Å². The number of likely N-dealkylation sites (tertiary alicyclic amines) is 1. The molecule has 11 heteroatoms. The Bertz CT molecular complexity index is 1660. The number of hydrogen-bond donors (Lipinski definition) is 2. The predicted octanol–water partition coefficient (Wildman–Crippen LogP) is 5.20. The number of nitrogens with one attached hydrogen (secondary N) is 1. The zero-order valence-corrected chi connectivity index (χ0v) is 24.4. The molecule has 0 aliphatic carbocycles. The lowest BCUT2D eigenvalue weighted by Crippen LogP contribution is -2.47. The number of rotatable bonds is 6. The Labute approximate surface area is 240 Å². The van der Waals surface area contributed by atoms with E-state index in [1.54, 1.807) is 66.7 Å². The molecule has 2 N–H and O–H groups in total. The summed E-state index contributed by atoms with van der Waals surface area (Å²) in [5.74, 6) is 0.322. The van der Waals surface area contributed by atoms with Crippen LogP contribution in [0.2, 0.25) is 0 Å². The van der Waals surface area contributed by atoms with Crippen LogP contribution < -0.4 is 5.32 Å². The third kappa shape index (κ3) is 6.06. The molecule has 0 radical (unpaired) electrons. The van der Waals surface area contributed by atoms with Gasteiger partial charge in [0.1, 0.15) is 5.60 Å². The lowest BCUT2D eigenvalue weighted by molar-refractivity contribution is 0.0206. The molecule has 0 spiro atoms. The van der Waals surface area contributed by atoms with Crippen LogP contribution in [-0.2, 0) is 14.8 Å². The highest BCUT2D eigenvalue weighted by Gasteiger charge is 2.29. The number of nitrogens with zero attached hydrogens (tertiary/aromatic N) is 4. The van der Waals surface area contributed by atoms with E-state index in [-0.39, 0.29) is 17.0 Å². The SMILES string of the molecule is CC(O)c1cnc(N[C@H]2CCCN(C(=O)OC(C)(C)C)C2)nc1-c1cn(S(=O)(=O)c2ccccc2)c2ccccc12. The van der Waals surface area contributed by atoms with E-state index in [1.807, 2.05) is 32.9 Å². The van der Waals surface area contributed by atoms with Crippen LogP contribution in [0.25, 0.3) is 22.2 Å². The molecule has 5 rings (SSSR count). The standard InChI is InChI=1S/C30H35N5O5S/c1-20(36)24-17-31-28(32-21-11-10-16-34(18-21)29(37)40-30(2,3)4)33-27(24)25-19-35(26-15-9-8-14-23(25)26)41(38,39)22-12-6-5-7-13-22/h5-9,12-15,17,19-21,36H,10-11,16,18H2,1-4H3,(H,31,32,33)/t20?,21-/m0/s1. The highest BCUT2D eigenvalue weighted by atomic mass is 32.2. The maximum atomic E-state index is 13.6. The van der Waals surface area contributed by atoms with E-state index in [2.05, 4.69) is 10.3 Å². The summed E-state index contributed by atoms with van der Waals surface area (Å²) in [5, 5.41) is 14.6. The Morgan fingerprint density at radius 2 is 1.83 bits per heavy atom. The van der Waals surface area contributed by atoms with Crippen molar-refractivity contribution in [2.24, 2.45) is 0 Å². The van der Waals surface area contributed by atoms with E-state index < -0.39 is 21.7 Å². The number of anilines is 1. The Balaban J connectivity index is 1.52. The number of fused-ring (bicyclic) bond motifs is 1. The van der Waals surface area contributed by atoms with Crippen molar-refractivity contribution < 1.29 is 23.1 Å². The summed E-state index contributed by atoms with van der Waals surface area (Å²) >= 11 is 0. The molecule has 216 valence electrons. The second kappa shape index (κ2) is 11.1. The lowest BCUT2D eigenvalue weighted by Gasteiger charge is -2.34. The van der Waals surface area contributed by atoms with Gasteiger partial charge in [-0.2, -0.15) is 0 Å². The normalized spacial score (nSPS) is 16.9.